The molecule has 4 nitrogen and oxygen atoms in total. The summed E-state index contributed by atoms with van der Waals surface area (Å²) >= 11 is 1.61. The zero-order chi connectivity index (χ0) is 22.5. The molecule has 1 aliphatic carbocycles. The summed E-state index contributed by atoms with van der Waals surface area (Å²) in [7, 11) is -3.12. The molecule has 0 spiro atoms. The number of hydrogen-bond acceptors (Lipinski definition) is 5. The predicted octanol–water partition coefficient (Wildman–Crippen LogP) is 5.75. The highest BCUT2D eigenvalue weighted by Gasteiger charge is 2.36. The summed E-state index contributed by atoms with van der Waals surface area (Å²) in [5.74, 6) is 0.715. The Morgan fingerprint density at radius 2 is 1.74 bits per heavy atom. The van der Waals surface area contributed by atoms with Crippen LogP contribution in [0.4, 0.5) is 0 Å². The van der Waals surface area contributed by atoms with Gasteiger partial charge in [0.05, 0.1) is 10.5 Å². The Hall–Kier alpha value is -1.66. The van der Waals surface area contributed by atoms with Gasteiger partial charge in [0.15, 0.2) is 9.84 Å². The lowest BCUT2D eigenvalue weighted by molar-refractivity contribution is -0.123. The minimum Gasteiger partial charge on any atom is -0.299 e. The zero-order valence-corrected chi connectivity index (χ0v) is 20.3. The Balaban J connectivity index is 1.49. The van der Waals surface area contributed by atoms with Crippen molar-refractivity contribution >= 4 is 27.4 Å². The fraction of sp³-hybridized carbons (Fsp3) is 0.520. The van der Waals surface area contributed by atoms with Gasteiger partial charge in [0.1, 0.15) is 10.8 Å². The van der Waals surface area contributed by atoms with Crippen LogP contribution in [0.25, 0.3) is 0 Å². The van der Waals surface area contributed by atoms with Crippen molar-refractivity contribution in [2.45, 2.75) is 74.0 Å². The summed E-state index contributed by atoms with van der Waals surface area (Å²) in [4.78, 5) is 18.4. The van der Waals surface area contributed by atoms with E-state index in [0.29, 0.717) is 12.8 Å². The molecule has 0 N–H and O–H groups in total. The Labute approximate surface area is 191 Å². The summed E-state index contributed by atoms with van der Waals surface area (Å²) in [5, 5.41) is 0.916. The molecule has 1 aromatic carbocycles. The number of carbonyl (C=O) groups is 1. The second kappa shape index (κ2) is 10.3. The summed E-state index contributed by atoms with van der Waals surface area (Å²) in [6, 6.07) is 14.1. The van der Waals surface area contributed by atoms with E-state index in [1.807, 2.05) is 51.1 Å². The van der Waals surface area contributed by atoms with E-state index in [1.54, 1.807) is 18.0 Å². The van der Waals surface area contributed by atoms with Crippen LogP contribution in [0.15, 0.2) is 58.6 Å². The van der Waals surface area contributed by atoms with Crippen LogP contribution >= 0.6 is 11.8 Å². The number of aromatic nitrogens is 1. The van der Waals surface area contributed by atoms with Gasteiger partial charge >= 0.3 is 0 Å². The zero-order valence-electron chi connectivity index (χ0n) is 18.7. The maximum Gasteiger partial charge on any atom is 0.155 e. The van der Waals surface area contributed by atoms with E-state index in [9.17, 15) is 13.2 Å². The maximum absolute atomic E-state index is 12.8. The van der Waals surface area contributed by atoms with Gasteiger partial charge in [-0.05, 0) is 75.6 Å². The van der Waals surface area contributed by atoms with Crippen LogP contribution in [0.1, 0.15) is 58.4 Å². The number of rotatable bonds is 9. The maximum atomic E-state index is 12.8. The number of ketones is 1. The smallest absolute Gasteiger partial charge is 0.155 e. The predicted molar refractivity (Wildman–Crippen MR) is 127 cm³/mol. The number of nitrogens with zero attached hydrogens (tertiary/aromatic N) is 1. The molecule has 0 unspecified atom stereocenters. The van der Waals surface area contributed by atoms with Gasteiger partial charge in [-0.3, -0.25) is 4.79 Å². The molecule has 3 rings (SSSR count). The van der Waals surface area contributed by atoms with Crippen molar-refractivity contribution in [1.29, 1.82) is 0 Å². The summed E-state index contributed by atoms with van der Waals surface area (Å²) < 4.78 is 24.7. The third-order valence-corrected chi connectivity index (χ3v) is 10.4. The average molecular weight is 460 g/mol. The van der Waals surface area contributed by atoms with Crippen molar-refractivity contribution in [3.63, 3.8) is 0 Å². The first-order valence-corrected chi connectivity index (χ1v) is 13.6. The number of pyridine rings is 1. The van der Waals surface area contributed by atoms with Crippen molar-refractivity contribution < 1.29 is 13.2 Å². The van der Waals surface area contributed by atoms with Gasteiger partial charge < -0.3 is 0 Å². The molecule has 6 heteroatoms. The van der Waals surface area contributed by atoms with E-state index in [2.05, 4.69) is 17.1 Å². The standard InChI is InChI=1S/C25H33NO3S2/c1-4-25(2,3)31(28,29)18-19-10-13-21(14-11-19)23(27)16-20-12-15-24(26-17-20)30-22-8-6-5-7-9-22/h5-9,12,15,17,19,21H,4,10-11,13-14,16,18H2,1-3H3. The van der Waals surface area contributed by atoms with Gasteiger partial charge in [-0.25, -0.2) is 13.4 Å². The van der Waals surface area contributed by atoms with Crippen LogP contribution in [0.5, 0.6) is 0 Å². The first kappa shape index (κ1) is 24.0. The summed E-state index contributed by atoms with van der Waals surface area (Å²) in [6.07, 6.45) is 6.05. The van der Waals surface area contributed by atoms with E-state index in [4.69, 9.17) is 0 Å². The second-order valence-electron chi connectivity index (χ2n) is 9.18. The summed E-state index contributed by atoms with van der Waals surface area (Å²) in [6.45, 7) is 5.55. The normalized spacial score (nSPS) is 19.8. The molecule has 31 heavy (non-hydrogen) atoms. The van der Waals surface area contributed by atoms with Crippen LogP contribution < -0.4 is 0 Å². The number of Topliss-reactive ketones (excluding diaryl/α,β-unsaturated/α-hetero) is 1. The molecule has 1 saturated carbocycles. The van der Waals surface area contributed by atoms with E-state index in [0.717, 1.165) is 41.2 Å². The molecule has 0 amide bonds. The van der Waals surface area contributed by atoms with E-state index >= 15 is 0 Å². The monoisotopic (exact) mass is 459 g/mol. The molecule has 0 radical (unpaired) electrons. The Bertz CT molecular complexity index is 962. The van der Waals surface area contributed by atoms with Gasteiger partial charge in [-0.1, -0.05) is 43.0 Å². The molecule has 0 atom stereocenters. The lowest BCUT2D eigenvalue weighted by Gasteiger charge is -2.31. The third-order valence-electron chi connectivity index (χ3n) is 6.59. The molecule has 1 heterocycles. The summed E-state index contributed by atoms with van der Waals surface area (Å²) in [5.41, 5.74) is 0.941. The molecule has 0 aliphatic heterocycles. The topological polar surface area (TPSA) is 64.1 Å². The minimum absolute atomic E-state index is 0.0384. The number of benzene rings is 1. The minimum atomic E-state index is -3.12. The lowest BCUT2D eigenvalue weighted by Crippen LogP contribution is -2.37. The highest BCUT2D eigenvalue weighted by molar-refractivity contribution is 7.99. The van der Waals surface area contributed by atoms with Crippen molar-refractivity contribution in [3.05, 3.63) is 54.2 Å². The van der Waals surface area contributed by atoms with Crippen molar-refractivity contribution in [2.75, 3.05) is 5.75 Å². The molecular formula is C25H33NO3S2. The number of hydrogen-bond donors (Lipinski definition) is 0. The number of sulfone groups is 1. The van der Waals surface area contributed by atoms with Crippen molar-refractivity contribution in [1.82, 2.24) is 4.98 Å². The third kappa shape index (κ3) is 6.42. The molecule has 1 aromatic heterocycles. The fourth-order valence-electron chi connectivity index (χ4n) is 3.94. The fourth-order valence-corrected chi connectivity index (χ4v) is 6.56. The lowest BCUT2D eigenvalue weighted by atomic mass is 9.79. The van der Waals surface area contributed by atoms with E-state index < -0.39 is 14.6 Å². The second-order valence-corrected chi connectivity index (χ2v) is 12.9. The van der Waals surface area contributed by atoms with Crippen LogP contribution in [0, 0.1) is 11.8 Å². The van der Waals surface area contributed by atoms with Crippen LogP contribution in [-0.4, -0.2) is 29.7 Å². The number of carbonyl (C=O) groups excluding carboxylic acids is 1. The Morgan fingerprint density at radius 1 is 1.06 bits per heavy atom. The van der Waals surface area contributed by atoms with Gasteiger partial charge in [-0.2, -0.15) is 0 Å². The average Bonchev–Trinajstić information content (AvgIpc) is 2.76. The van der Waals surface area contributed by atoms with Crippen molar-refractivity contribution in [2.24, 2.45) is 11.8 Å². The van der Waals surface area contributed by atoms with Gasteiger partial charge in [0.2, 0.25) is 0 Å². The SMILES string of the molecule is CCC(C)(C)S(=O)(=O)CC1CCC(C(=O)Cc2ccc(Sc3ccccc3)nc2)CC1. The van der Waals surface area contributed by atoms with E-state index in [1.165, 1.54) is 0 Å². The molecule has 0 bridgehead atoms. The quantitative estimate of drug-likeness (QED) is 0.477. The first-order chi connectivity index (χ1) is 14.7. The van der Waals surface area contributed by atoms with Crippen molar-refractivity contribution in [3.8, 4) is 0 Å². The van der Waals surface area contributed by atoms with Gasteiger partial charge in [0.25, 0.3) is 0 Å². The Morgan fingerprint density at radius 3 is 2.32 bits per heavy atom. The van der Waals surface area contributed by atoms with Gasteiger partial charge in [0, 0.05) is 23.4 Å². The van der Waals surface area contributed by atoms with Gasteiger partial charge in [-0.15, -0.1) is 0 Å². The molecule has 2 aromatic rings. The molecule has 1 aliphatic rings. The van der Waals surface area contributed by atoms with E-state index in [-0.39, 0.29) is 23.4 Å². The Kier molecular flexibility index (Phi) is 7.98. The molecule has 168 valence electrons. The van der Waals surface area contributed by atoms with Crippen LogP contribution in [0.2, 0.25) is 0 Å². The molecular weight excluding hydrogens is 426 g/mol. The highest BCUT2D eigenvalue weighted by atomic mass is 32.2. The molecule has 1 fully saturated rings. The molecule has 0 saturated heterocycles. The highest BCUT2D eigenvalue weighted by Crippen LogP contribution is 2.34. The first-order valence-electron chi connectivity index (χ1n) is 11.1. The van der Waals surface area contributed by atoms with Crippen LogP contribution in [-0.2, 0) is 21.1 Å². The largest absolute Gasteiger partial charge is 0.299 e. The van der Waals surface area contributed by atoms with Crippen LogP contribution in [0.3, 0.4) is 0 Å².